The molecule has 1 N–H and O–H groups in total. The Balaban J connectivity index is 1.63. The van der Waals surface area contributed by atoms with Gasteiger partial charge in [-0.15, -0.1) is 0 Å². The molecule has 182 valence electrons. The summed E-state index contributed by atoms with van der Waals surface area (Å²) in [6.45, 7) is 0. The fourth-order valence-corrected chi connectivity index (χ4v) is 4.59. The van der Waals surface area contributed by atoms with Gasteiger partial charge in [-0.3, -0.25) is 9.59 Å². The van der Waals surface area contributed by atoms with E-state index in [1.807, 2.05) is 0 Å². The van der Waals surface area contributed by atoms with Gasteiger partial charge in [0.25, 0.3) is 5.91 Å². The second-order valence-electron chi connectivity index (χ2n) is 8.56. The molecule has 0 radical (unpaired) electrons. The molecule has 3 aromatic carbocycles. The van der Waals surface area contributed by atoms with E-state index in [0.717, 1.165) is 30.5 Å². The van der Waals surface area contributed by atoms with Gasteiger partial charge in [0.05, 0.1) is 11.0 Å². The van der Waals surface area contributed by atoms with E-state index < -0.39 is 35.1 Å². The number of rotatable bonds is 6. The number of alkyl halides is 3. The minimum atomic E-state index is -4.56. The number of anilines is 1. The van der Waals surface area contributed by atoms with Crippen LogP contribution >= 0.6 is 11.6 Å². The molecule has 0 saturated heterocycles. The Kier molecular flexibility index (Phi) is 7.17. The van der Waals surface area contributed by atoms with Gasteiger partial charge in [0.2, 0.25) is 6.10 Å². The molecule has 1 unspecified atom stereocenters. The molecule has 1 saturated carbocycles. The van der Waals surface area contributed by atoms with Gasteiger partial charge in [-0.1, -0.05) is 73.0 Å². The number of hydrogen-bond acceptors (Lipinski definition) is 3. The lowest BCUT2D eigenvalue weighted by Crippen LogP contribution is -2.37. The Morgan fingerprint density at radius 3 is 2.20 bits per heavy atom. The minimum Gasteiger partial charge on any atom is -0.447 e. The Morgan fingerprint density at radius 2 is 1.57 bits per heavy atom. The molecule has 1 aliphatic rings. The maximum Gasteiger partial charge on any atom is 0.416 e. The van der Waals surface area contributed by atoms with Gasteiger partial charge in [-0.2, -0.15) is 13.2 Å². The van der Waals surface area contributed by atoms with Crippen LogP contribution in [-0.4, -0.2) is 11.9 Å². The Morgan fingerprint density at radius 1 is 0.914 bits per heavy atom. The lowest BCUT2D eigenvalue weighted by molar-refractivity contribution is -0.160. The summed E-state index contributed by atoms with van der Waals surface area (Å²) in [7, 11) is 0. The SMILES string of the molecule is O=C(Nc1cccc(C(F)(F)F)c1)C(OC(=O)C1(c2ccc(Cl)cc2)CCCC1)c1ccccc1. The number of hydrogen-bond donors (Lipinski definition) is 1. The third-order valence-electron chi connectivity index (χ3n) is 6.27. The smallest absolute Gasteiger partial charge is 0.416 e. The van der Waals surface area contributed by atoms with Gasteiger partial charge < -0.3 is 10.1 Å². The predicted molar refractivity (Wildman–Crippen MR) is 127 cm³/mol. The minimum absolute atomic E-state index is 0.0462. The molecule has 4 rings (SSSR count). The van der Waals surface area contributed by atoms with E-state index in [0.29, 0.717) is 23.4 Å². The van der Waals surface area contributed by atoms with Crippen LogP contribution < -0.4 is 5.32 Å². The number of halogens is 4. The van der Waals surface area contributed by atoms with Crippen molar-refractivity contribution >= 4 is 29.2 Å². The van der Waals surface area contributed by atoms with Crippen molar-refractivity contribution in [3.8, 4) is 0 Å². The van der Waals surface area contributed by atoms with Crippen molar-refractivity contribution in [1.82, 2.24) is 0 Å². The normalized spacial score (nSPS) is 15.9. The maximum absolute atomic E-state index is 13.6. The number of benzene rings is 3. The molecule has 1 amide bonds. The van der Waals surface area contributed by atoms with E-state index in [4.69, 9.17) is 16.3 Å². The average Bonchev–Trinajstić information content (AvgIpc) is 3.34. The number of carbonyl (C=O) groups excluding carboxylic acids is 2. The molecule has 0 heterocycles. The Hall–Kier alpha value is -3.32. The molecular formula is C27H23ClF3NO3. The third kappa shape index (κ3) is 5.51. The fraction of sp³-hybridized carbons (Fsp3) is 0.259. The molecule has 0 bridgehead atoms. The van der Waals surface area contributed by atoms with Gasteiger partial charge in [0, 0.05) is 16.3 Å². The second kappa shape index (κ2) is 10.1. The van der Waals surface area contributed by atoms with Crippen LogP contribution in [0.1, 0.15) is 48.5 Å². The summed E-state index contributed by atoms with van der Waals surface area (Å²) in [4.78, 5) is 26.8. The number of nitrogens with one attached hydrogen (secondary N) is 1. The summed E-state index contributed by atoms with van der Waals surface area (Å²) in [5.41, 5.74) is -0.691. The number of amides is 1. The highest BCUT2D eigenvalue weighted by Crippen LogP contribution is 2.43. The van der Waals surface area contributed by atoms with Gasteiger partial charge in [-0.05, 0) is 48.7 Å². The van der Waals surface area contributed by atoms with Crippen molar-refractivity contribution in [2.75, 3.05) is 5.32 Å². The van der Waals surface area contributed by atoms with Crippen molar-refractivity contribution in [1.29, 1.82) is 0 Å². The van der Waals surface area contributed by atoms with Gasteiger partial charge in [0.15, 0.2) is 0 Å². The Bertz CT molecular complexity index is 1190. The van der Waals surface area contributed by atoms with Crippen molar-refractivity contribution in [2.24, 2.45) is 0 Å². The largest absolute Gasteiger partial charge is 0.447 e. The van der Waals surface area contributed by atoms with Gasteiger partial charge >= 0.3 is 12.1 Å². The highest BCUT2D eigenvalue weighted by molar-refractivity contribution is 6.30. The number of ether oxygens (including phenoxy) is 1. The average molecular weight is 502 g/mol. The molecule has 35 heavy (non-hydrogen) atoms. The predicted octanol–water partition coefficient (Wildman–Crippen LogP) is 7.09. The summed E-state index contributed by atoms with van der Waals surface area (Å²) in [6.07, 6.45) is -3.13. The zero-order chi connectivity index (χ0) is 25.1. The zero-order valence-corrected chi connectivity index (χ0v) is 19.4. The quantitative estimate of drug-likeness (QED) is 0.367. The fourth-order valence-electron chi connectivity index (χ4n) is 4.46. The molecule has 0 aromatic heterocycles. The maximum atomic E-state index is 13.6. The van der Waals surface area contributed by atoms with E-state index in [1.54, 1.807) is 54.6 Å². The van der Waals surface area contributed by atoms with Crippen LogP contribution in [0.15, 0.2) is 78.9 Å². The molecule has 1 fully saturated rings. The highest BCUT2D eigenvalue weighted by Gasteiger charge is 2.46. The summed E-state index contributed by atoms with van der Waals surface area (Å²) in [6, 6.07) is 19.7. The molecule has 4 nitrogen and oxygen atoms in total. The molecule has 0 spiro atoms. The van der Waals surface area contributed by atoms with E-state index in [9.17, 15) is 22.8 Å². The van der Waals surface area contributed by atoms with Crippen molar-refractivity contribution < 1.29 is 27.5 Å². The van der Waals surface area contributed by atoms with Gasteiger partial charge in [-0.25, -0.2) is 0 Å². The van der Waals surface area contributed by atoms with E-state index in [1.165, 1.54) is 12.1 Å². The van der Waals surface area contributed by atoms with Crippen molar-refractivity contribution in [3.05, 3.63) is 101 Å². The third-order valence-corrected chi connectivity index (χ3v) is 6.52. The zero-order valence-electron chi connectivity index (χ0n) is 18.6. The molecule has 1 aliphatic carbocycles. The highest BCUT2D eigenvalue weighted by atomic mass is 35.5. The van der Waals surface area contributed by atoms with Crippen LogP contribution in [0, 0.1) is 0 Å². The van der Waals surface area contributed by atoms with Gasteiger partial charge in [0.1, 0.15) is 0 Å². The first kappa shape index (κ1) is 24.8. The standard InChI is InChI=1S/C27H23ClF3NO3/c28-21-13-11-19(12-14-21)26(15-4-5-16-26)25(34)35-23(18-7-2-1-3-8-18)24(33)32-22-10-6-9-20(17-22)27(29,30)31/h1-3,6-14,17,23H,4-5,15-16H2,(H,32,33). The molecule has 0 aliphatic heterocycles. The summed E-state index contributed by atoms with van der Waals surface area (Å²) in [5.74, 6) is -1.29. The van der Waals surface area contributed by atoms with Crippen LogP contribution in [0.2, 0.25) is 5.02 Å². The molecule has 1 atom stereocenters. The van der Waals surface area contributed by atoms with Crippen LogP contribution in [0.4, 0.5) is 18.9 Å². The summed E-state index contributed by atoms with van der Waals surface area (Å²) in [5, 5.41) is 3.01. The van der Waals surface area contributed by atoms with E-state index >= 15 is 0 Å². The van der Waals surface area contributed by atoms with Crippen LogP contribution in [0.3, 0.4) is 0 Å². The first-order valence-electron chi connectivity index (χ1n) is 11.2. The lowest BCUT2D eigenvalue weighted by atomic mass is 9.79. The van der Waals surface area contributed by atoms with Crippen molar-refractivity contribution in [3.63, 3.8) is 0 Å². The monoisotopic (exact) mass is 501 g/mol. The van der Waals surface area contributed by atoms with Crippen LogP contribution in [0.5, 0.6) is 0 Å². The molecule has 3 aromatic rings. The lowest BCUT2D eigenvalue weighted by Gasteiger charge is -2.30. The summed E-state index contributed by atoms with van der Waals surface area (Å²) < 4.78 is 45.2. The number of carbonyl (C=O) groups is 2. The number of esters is 1. The molecule has 8 heteroatoms. The molecular weight excluding hydrogens is 479 g/mol. The van der Waals surface area contributed by atoms with E-state index in [2.05, 4.69) is 5.32 Å². The summed E-state index contributed by atoms with van der Waals surface area (Å²) >= 11 is 6.03. The van der Waals surface area contributed by atoms with E-state index in [-0.39, 0.29) is 5.69 Å². The van der Waals surface area contributed by atoms with Crippen molar-refractivity contribution in [2.45, 2.75) is 43.4 Å². The Labute approximate surface area is 206 Å². The topological polar surface area (TPSA) is 55.4 Å². The second-order valence-corrected chi connectivity index (χ2v) is 9.00. The van der Waals surface area contributed by atoms with Crippen LogP contribution in [0.25, 0.3) is 0 Å². The first-order chi connectivity index (χ1) is 16.7. The first-order valence-corrected chi connectivity index (χ1v) is 11.6. The van der Waals surface area contributed by atoms with Crippen LogP contribution in [-0.2, 0) is 25.9 Å².